The maximum absolute atomic E-state index is 12.3. The largest absolute Gasteiger partial charge is 0.395 e. The molecule has 9 heteroatoms. The number of methoxy groups -OCH3 is 1. The zero-order valence-corrected chi connectivity index (χ0v) is 14.6. The minimum atomic E-state index is -0.248. The molecule has 1 aromatic rings. The fourth-order valence-corrected chi connectivity index (χ4v) is 1.88. The van der Waals surface area contributed by atoms with Crippen LogP contribution in [0.3, 0.4) is 0 Å². The van der Waals surface area contributed by atoms with Gasteiger partial charge in [-0.3, -0.25) is 4.79 Å². The number of amides is 1. The number of hydrogen-bond donors (Lipinski definition) is 4. The molecule has 0 aliphatic carbocycles. The number of rotatable bonds is 12. The quantitative estimate of drug-likeness (QED) is 0.370. The standard InChI is InChI=1S/C15H28N6O3/c1-16-5-4-6-18-14(23)12-11-13(17-7-9-22)20-15(19-12)21(2)8-10-24-3/h11,16,22H,4-10H2,1-3H3,(H,18,23)(H,17,19,20). The summed E-state index contributed by atoms with van der Waals surface area (Å²) in [6, 6.07) is 1.58. The second kappa shape index (κ2) is 11.5. The first kappa shape index (κ1) is 20.1. The summed E-state index contributed by atoms with van der Waals surface area (Å²) in [5.41, 5.74) is 0.286. The van der Waals surface area contributed by atoms with E-state index in [0.717, 1.165) is 13.0 Å². The zero-order chi connectivity index (χ0) is 17.8. The number of likely N-dealkylation sites (N-methyl/N-ethyl adjacent to an activating group) is 1. The van der Waals surface area contributed by atoms with Crippen LogP contribution in [0.1, 0.15) is 16.9 Å². The molecule has 24 heavy (non-hydrogen) atoms. The van der Waals surface area contributed by atoms with E-state index in [4.69, 9.17) is 9.84 Å². The van der Waals surface area contributed by atoms with Crippen molar-refractivity contribution in [2.45, 2.75) is 6.42 Å². The fourth-order valence-electron chi connectivity index (χ4n) is 1.88. The summed E-state index contributed by atoms with van der Waals surface area (Å²) >= 11 is 0. The van der Waals surface area contributed by atoms with Gasteiger partial charge in [-0.25, -0.2) is 4.98 Å². The Morgan fingerprint density at radius 3 is 2.79 bits per heavy atom. The number of hydrogen-bond acceptors (Lipinski definition) is 8. The second-order valence-corrected chi connectivity index (χ2v) is 5.22. The number of aliphatic hydroxyl groups is 1. The third kappa shape index (κ3) is 7.07. The molecule has 0 aliphatic heterocycles. The molecule has 136 valence electrons. The Labute approximate surface area is 142 Å². The number of anilines is 2. The monoisotopic (exact) mass is 340 g/mol. The predicted octanol–water partition coefficient (Wildman–Crippen LogP) is -0.697. The molecule has 1 aromatic heterocycles. The van der Waals surface area contributed by atoms with E-state index < -0.39 is 0 Å². The van der Waals surface area contributed by atoms with E-state index in [9.17, 15) is 4.79 Å². The van der Waals surface area contributed by atoms with Crippen LogP contribution in [-0.2, 0) is 4.74 Å². The smallest absolute Gasteiger partial charge is 0.270 e. The Morgan fingerprint density at radius 2 is 2.12 bits per heavy atom. The highest BCUT2D eigenvalue weighted by Gasteiger charge is 2.14. The molecule has 0 unspecified atom stereocenters. The molecule has 9 nitrogen and oxygen atoms in total. The number of aliphatic hydroxyl groups excluding tert-OH is 1. The van der Waals surface area contributed by atoms with Gasteiger partial charge in [0.15, 0.2) is 0 Å². The van der Waals surface area contributed by atoms with Crippen molar-refractivity contribution >= 4 is 17.7 Å². The second-order valence-electron chi connectivity index (χ2n) is 5.22. The predicted molar refractivity (Wildman–Crippen MR) is 93.6 cm³/mol. The third-order valence-corrected chi connectivity index (χ3v) is 3.23. The molecule has 0 aliphatic rings. The Balaban J connectivity index is 2.85. The van der Waals surface area contributed by atoms with E-state index in [1.807, 2.05) is 19.0 Å². The number of nitrogens with zero attached hydrogens (tertiary/aromatic N) is 3. The lowest BCUT2D eigenvalue weighted by molar-refractivity contribution is 0.0948. The zero-order valence-electron chi connectivity index (χ0n) is 14.6. The molecular formula is C15H28N6O3. The van der Waals surface area contributed by atoms with Gasteiger partial charge in [-0.2, -0.15) is 4.98 Å². The summed E-state index contributed by atoms with van der Waals surface area (Å²) in [6.07, 6.45) is 0.837. The van der Waals surface area contributed by atoms with Gasteiger partial charge >= 0.3 is 0 Å². The Kier molecular flexibility index (Phi) is 9.66. The average Bonchev–Trinajstić information content (AvgIpc) is 2.61. The molecule has 0 saturated carbocycles. The van der Waals surface area contributed by atoms with Crippen molar-refractivity contribution in [2.75, 3.05) is 70.8 Å². The van der Waals surface area contributed by atoms with Crippen LogP contribution < -0.4 is 20.9 Å². The summed E-state index contributed by atoms with van der Waals surface area (Å²) in [5.74, 6) is 0.677. The van der Waals surface area contributed by atoms with Crippen molar-refractivity contribution < 1.29 is 14.6 Å². The first-order valence-corrected chi connectivity index (χ1v) is 7.99. The lowest BCUT2D eigenvalue weighted by atomic mass is 10.3. The number of ether oxygens (including phenoxy) is 1. The van der Waals surface area contributed by atoms with Crippen LogP contribution >= 0.6 is 0 Å². The fraction of sp³-hybridized carbons (Fsp3) is 0.667. The van der Waals surface area contributed by atoms with Crippen LogP contribution in [0.2, 0.25) is 0 Å². The van der Waals surface area contributed by atoms with Crippen LogP contribution in [0, 0.1) is 0 Å². The van der Waals surface area contributed by atoms with Gasteiger partial charge in [0.05, 0.1) is 13.2 Å². The van der Waals surface area contributed by atoms with E-state index in [1.54, 1.807) is 13.2 Å². The number of nitrogens with one attached hydrogen (secondary N) is 3. The number of aromatic nitrogens is 2. The van der Waals surface area contributed by atoms with Gasteiger partial charge in [0, 0.05) is 39.9 Å². The van der Waals surface area contributed by atoms with Gasteiger partial charge in [-0.1, -0.05) is 0 Å². The van der Waals surface area contributed by atoms with Crippen LogP contribution in [0.5, 0.6) is 0 Å². The van der Waals surface area contributed by atoms with E-state index >= 15 is 0 Å². The van der Waals surface area contributed by atoms with Gasteiger partial charge in [0.1, 0.15) is 11.5 Å². The first-order valence-electron chi connectivity index (χ1n) is 7.99. The molecule has 1 amide bonds. The molecule has 4 N–H and O–H groups in total. The molecule has 1 rings (SSSR count). The molecule has 0 radical (unpaired) electrons. The van der Waals surface area contributed by atoms with Crippen LogP contribution in [0.25, 0.3) is 0 Å². The highest BCUT2D eigenvalue weighted by molar-refractivity contribution is 5.93. The van der Waals surface area contributed by atoms with Gasteiger partial charge < -0.3 is 30.7 Å². The topological polar surface area (TPSA) is 112 Å². The summed E-state index contributed by atoms with van der Waals surface area (Å²) in [4.78, 5) is 22.8. The summed E-state index contributed by atoms with van der Waals surface area (Å²) in [6.45, 7) is 2.85. The highest BCUT2D eigenvalue weighted by Crippen LogP contribution is 2.13. The average molecular weight is 340 g/mol. The van der Waals surface area contributed by atoms with Crippen molar-refractivity contribution in [3.8, 4) is 0 Å². The van der Waals surface area contributed by atoms with E-state index in [0.29, 0.717) is 38.0 Å². The SMILES string of the molecule is CNCCCNC(=O)c1cc(NCCO)nc(N(C)CCOC)n1. The van der Waals surface area contributed by atoms with E-state index in [1.165, 1.54) is 0 Å². The minimum Gasteiger partial charge on any atom is -0.395 e. The van der Waals surface area contributed by atoms with Crippen molar-refractivity contribution in [1.82, 2.24) is 20.6 Å². The lowest BCUT2D eigenvalue weighted by Crippen LogP contribution is -2.29. The molecule has 1 heterocycles. The van der Waals surface area contributed by atoms with Gasteiger partial charge in [-0.15, -0.1) is 0 Å². The molecule has 0 atom stereocenters. The van der Waals surface area contributed by atoms with Crippen LogP contribution in [-0.4, -0.2) is 81.6 Å². The third-order valence-electron chi connectivity index (χ3n) is 3.23. The summed E-state index contributed by atoms with van der Waals surface area (Å²) < 4.78 is 5.05. The van der Waals surface area contributed by atoms with Gasteiger partial charge in [0.25, 0.3) is 5.91 Å². The molecular weight excluding hydrogens is 312 g/mol. The normalized spacial score (nSPS) is 10.5. The summed E-state index contributed by atoms with van der Waals surface area (Å²) in [7, 11) is 5.32. The first-order chi connectivity index (χ1) is 11.6. The molecule has 0 saturated heterocycles. The molecule has 0 aromatic carbocycles. The number of carbonyl (C=O) groups excluding carboxylic acids is 1. The van der Waals surface area contributed by atoms with Gasteiger partial charge in [0.2, 0.25) is 5.95 Å². The molecule has 0 fully saturated rings. The maximum atomic E-state index is 12.3. The Morgan fingerprint density at radius 1 is 1.33 bits per heavy atom. The van der Waals surface area contributed by atoms with Gasteiger partial charge in [-0.05, 0) is 20.0 Å². The maximum Gasteiger partial charge on any atom is 0.270 e. The van der Waals surface area contributed by atoms with E-state index in [2.05, 4.69) is 25.9 Å². The number of carbonyl (C=O) groups is 1. The van der Waals surface area contributed by atoms with Crippen LogP contribution in [0.15, 0.2) is 6.07 Å². The molecule has 0 spiro atoms. The van der Waals surface area contributed by atoms with Crippen molar-refractivity contribution in [3.05, 3.63) is 11.8 Å². The van der Waals surface area contributed by atoms with Crippen molar-refractivity contribution in [3.63, 3.8) is 0 Å². The van der Waals surface area contributed by atoms with Crippen LogP contribution in [0.4, 0.5) is 11.8 Å². The Hall–Kier alpha value is -1.97. The molecule has 0 bridgehead atoms. The lowest BCUT2D eigenvalue weighted by Gasteiger charge is -2.18. The highest BCUT2D eigenvalue weighted by atomic mass is 16.5. The Bertz CT molecular complexity index is 500. The van der Waals surface area contributed by atoms with E-state index in [-0.39, 0.29) is 18.2 Å². The van der Waals surface area contributed by atoms with Crippen molar-refractivity contribution in [1.29, 1.82) is 0 Å². The van der Waals surface area contributed by atoms with Crippen molar-refractivity contribution in [2.24, 2.45) is 0 Å². The summed E-state index contributed by atoms with van der Waals surface area (Å²) in [5, 5.41) is 17.8. The minimum absolute atomic E-state index is 0.0234.